The van der Waals surface area contributed by atoms with Crippen LogP contribution in [0.15, 0.2) is 120 Å². The summed E-state index contributed by atoms with van der Waals surface area (Å²) in [7, 11) is 2.09. The molecule has 6 aliphatic rings. The van der Waals surface area contributed by atoms with Crippen molar-refractivity contribution in [1.29, 1.82) is 0 Å². The summed E-state index contributed by atoms with van der Waals surface area (Å²) in [4.78, 5) is 42.0. The van der Waals surface area contributed by atoms with E-state index in [1.165, 1.54) is 23.8 Å². The molecule has 0 radical (unpaired) electrons. The maximum absolute atomic E-state index is 12.1. The fourth-order valence-electron chi connectivity index (χ4n) is 14.3. The van der Waals surface area contributed by atoms with E-state index >= 15 is 0 Å². The van der Waals surface area contributed by atoms with Gasteiger partial charge in [0.1, 0.15) is 17.2 Å². The molecule has 0 saturated carbocycles. The molecule has 0 aliphatic carbocycles. The van der Waals surface area contributed by atoms with E-state index in [2.05, 4.69) is 133 Å². The molecule has 12 rings (SSSR count). The van der Waals surface area contributed by atoms with Gasteiger partial charge in [-0.2, -0.15) is 0 Å². The van der Waals surface area contributed by atoms with Crippen molar-refractivity contribution in [2.24, 2.45) is 0 Å². The number of hydrogen-bond acceptors (Lipinski definition) is 12. The average Bonchev–Trinajstić information content (AvgIpc) is 3.80. The second-order valence-corrected chi connectivity index (χ2v) is 23.1. The quantitative estimate of drug-likeness (QED) is 0.0994. The SMILES string of the molecule is Cc1ccc2c(c1)C(C)(CCN1c3ccccc3C(C)(C)C13CCc1cc([N+](=O)[O-])ccc1O3)C1(CCc3cc([N+](=O)[O-])ccc3O1)N2CCC1(C)c2cc(Br)ccc2N(C)C12CCc1cc([N+](=O)[O-])ccc1O2. The van der Waals surface area contributed by atoms with Gasteiger partial charge >= 0.3 is 0 Å². The molecule has 0 saturated heterocycles. The Kier molecular flexibility index (Phi) is 10.6. The van der Waals surface area contributed by atoms with Crippen molar-refractivity contribution >= 4 is 50.1 Å². The molecule has 6 aliphatic heterocycles. The van der Waals surface area contributed by atoms with Crippen LogP contribution in [0.4, 0.5) is 34.1 Å². The summed E-state index contributed by atoms with van der Waals surface area (Å²) < 4.78 is 23.2. The smallest absolute Gasteiger partial charge is 0.269 e. The Morgan fingerprint density at radius 2 is 0.973 bits per heavy atom. The molecular formula is C58H57BrN6O9. The van der Waals surface area contributed by atoms with Gasteiger partial charge in [-0.15, -0.1) is 0 Å². The van der Waals surface area contributed by atoms with Crippen LogP contribution in [0, 0.1) is 37.3 Å². The topological polar surface area (TPSA) is 167 Å². The highest BCUT2D eigenvalue weighted by Gasteiger charge is 2.67. The molecule has 0 fully saturated rings. The fraction of sp³-hybridized carbons (Fsp3) is 0.379. The van der Waals surface area contributed by atoms with E-state index in [1.807, 2.05) is 0 Å². The molecule has 74 heavy (non-hydrogen) atoms. The number of nitro groups is 3. The molecular weight excluding hydrogens is 1000 g/mol. The van der Waals surface area contributed by atoms with E-state index < -0.39 is 33.4 Å². The molecule has 5 unspecified atom stereocenters. The van der Waals surface area contributed by atoms with Crippen LogP contribution in [-0.2, 0) is 35.5 Å². The molecule has 6 aromatic rings. The van der Waals surface area contributed by atoms with Gasteiger partial charge in [0.25, 0.3) is 17.1 Å². The maximum atomic E-state index is 12.1. The van der Waals surface area contributed by atoms with Crippen molar-refractivity contribution < 1.29 is 29.0 Å². The summed E-state index contributed by atoms with van der Waals surface area (Å²) in [5.41, 5.74) is 5.78. The van der Waals surface area contributed by atoms with E-state index in [9.17, 15) is 30.3 Å². The molecule has 15 nitrogen and oxygen atoms in total. The molecule has 6 heterocycles. The first-order valence-corrected chi connectivity index (χ1v) is 26.2. The molecule has 5 atom stereocenters. The van der Waals surface area contributed by atoms with Crippen LogP contribution in [0.1, 0.15) is 98.7 Å². The molecule has 6 aromatic carbocycles. The van der Waals surface area contributed by atoms with E-state index in [1.54, 1.807) is 36.4 Å². The highest BCUT2D eigenvalue weighted by Crippen LogP contribution is 2.63. The number of nitro benzene ring substituents is 3. The number of nitrogens with zero attached hydrogens (tertiary/aromatic N) is 6. The Morgan fingerprint density at radius 3 is 1.54 bits per heavy atom. The van der Waals surface area contributed by atoms with Gasteiger partial charge in [-0.1, -0.05) is 51.8 Å². The first-order valence-electron chi connectivity index (χ1n) is 25.4. The minimum atomic E-state index is -0.986. The zero-order valence-electron chi connectivity index (χ0n) is 42.3. The third kappa shape index (κ3) is 6.54. The van der Waals surface area contributed by atoms with E-state index in [0.29, 0.717) is 81.7 Å². The third-order valence-electron chi connectivity index (χ3n) is 18.4. The van der Waals surface area contributed by atoms with Gasteiger partial charge in [-0.3, -0.25) is 30.3 Å². The maximum Gasteiger partial charge on any atom is 0.269 e. The van der Waals surface area contributed by atoms with Gasteiger partial charge in [-0.25, -0.2) is 0 Å². The number of aryl methyl sites for hydroxylation is 4. The zero-order chi connectivity index (χ0) is 51.9. The average molecular weight is 1060 g/mol. The molecule has 0 amide bonds. The minimum absolute atomic E-state index is 0.0228. The predicted molar refractivity (Wildman–Crippen MR) is 286 cm³/mol. The number of anilines is 3. The lowest BCUT2D eigenvalue weighted by Crippen LogP contribution is -2.66. The largest absolute Gasteiger partial charge is 0.467 e. The van der Waals surface area contributed by atoms with Crippen molar-refractivity contribution in [3.05, 3.63) is 189 Å². The number of fused-ring (bicyclic) bond motifs is 6. The summed E-state index contributed by atoms with van der Waals surface area (Å²) in [5.74, 6) is 1.90. The van der Waals surface area contributed by atoms with Crippen LogP contribution in [-0.4, -0.2) is 52.1 Å². The van der Waals surface area contributed by atoms with Crippen LogP contribution >= 0.6 is 15.9 Å². The molecule has 380 valence electrons. The number of hydrogen-bond donors (Lipinski definition) is 0. The standard InChI is InChI=1S/C58H57BrN6O9/c1-36-11-16-49-45(31-36)55(5,28-29-61-48-10-8-7-9-44(48)53(2,3)56(61)24-21-37-32-41(63(66)67)13-18-50(37)72-56)58(26-23-39-34-43(65(70)71)15-20-52(39)74-58)62(49)30-27-54(4)46-35-40(59)12-17-47(46)60(6)57(54)25-22-38-33-42(64(68)69)14-19-51(38)73-57/h7-20,31-35H,21-30H2,1-6H3. The Bertz CT molecular complexity index is 3410. The van der Waals surface area contributed by atoms with Crippen molar-refractivity contribution in [3.63, 3.8) is 0 Å². The number of likely N-dealkylation sites (N-methyl/N-ethyl adjacent to an activating group) is 1. The van der Waals surface area contributed by atoms with Crippen LogP contribution < -0.4 is 28.9 Å². The first kappa shape index (κ1) is 47.8. The van der Waals surface area contributed by atoms with Crippen LogP contribution in [0.2, 0.25) is 0 Å². The highest BCUT2D eigenvalue weighted by atomic mass is 79.9. The number of benzene rings is 6. The minimum Gasteiger partial charge on any atom is -0.467 e. The fourth-order valence-corrected chi connectivity index (χ4v) is 14.7. The van der Waals surface area contributed by atoms with E-state index in [-0.39, 0.29) is 31.8 Å². The lowest BCUT2D eigenvalue weighted by molar-refractivity contribution is -0.385. The Hall–Kier alpha value is -7.20. The second kappa shape index (κ2) is 16.4. The van der Waals surface area contributed by atoms with Gasteiger partial charge in [0.05, 0.1) is 31.0 Å². The van der Waals surface area contributed by atoms with E-state index in [4.69, 9.17) is 14.2 Å². The predicted octanol–water partition coefficient (Wildman–Crippen LogP) is 12.7. The Morgan fingerprint density at radius 1 is 0.527 bits per heavy atom. The van der Waals surface area contributed by atoms with Gasteiger partial charge < -0.3 is 28.9 Å². The van der Waals surface area contributed by atoms with Gasteiger partial charge in [0.2, 0.25) is 0 Å². The third-order valence-corrected chi connectivity index (χ3v) is 18.9. The normalized spacial score (nSPS) is 26.3. The summed E-state index contributed by atoms with van der Waals surface area (Å²) in [5, 5.41) is 35.9. The van der Waals surface area contributed by atoms with Gasteiger partial charge in [-0.05, 0) is 132 Å². The molecule has 3 spiro atoms. The lowest BCUT2D eigenvalue weighted by atomic mass is 9.68. The van der Waals surface area contributed by atoms with Crippen molar-refractivity contribution in [2.75, 3.05) is 34.8 Å². The highest BCUT2D eigenvalue weighted by molar-refractivity contribution is 9.10. The number of rotatable bonds is 9. The molecule has 16 heteroatoms. The summed E-state index contributed by atoms with van der Waals surface area (Å²) >= 11 is 3.82. The van der Waals surface area contributed by atoms with E-state index in [0.717, 1.165) is 54.9 Å². The summed E-state index contributed by atoms with van der Waals surface area (Å²) in [6.45, 7) is 12.3. The summed E-state index contributed by atoms with van der Waals surface area (Å²) in [6, 6.07) is 36.4. The molecule has 0 bridgehead atoms. The van der Waals surface area contributed by atoms with Crippen molar-refractivity contribution in [3.8, 4) is 17.2 Å². The van der Waals surface area contributed by atoms with Gasteiger partial charge in [0, 0.05) is 114 Å². The van der Waals surface area contributed by atoms with Crippen molar-refractivity contribution in [1.82, 2.24) is 0 Å². The van der Waals surface area contributed by atoms with Gasteiger partial charge in [0.15, 0.2) is 17.2 Å². The van der Waals surface area contributed by atoms with Crippen LogP contribution in [0.3, 0.4) is 0 Å². The monoisotopic (exact) mass is 1060 g/mol. The Balaban J connectivity index is 0.974. The molecule has 0 N–H and O–H groups in total. The Labute approximate surface area is 437 Å². The van der Waals surface area contributed by atoms with Crippen molar-refractivity contribution in [2.45, 2.75) is 119 Å². The molecule has 0 aromatic heterocycles. The summed E-state index contributed by atoms with van der Waals surface area (Å²) in [6.07, 6.45) is 4.68. The zero-order valence-corrected chi connectivity index (χ0v) is 43.9. The van der Waals surface area contributed by atoms with Crippen LogP contribution in [0.5, 0.6) is 17.2 Å². The number of ether oxygens (including phenoxy) is 3. The van der Waals surface area contributed by atoms with Crippen LogP contribution in [0.25, 0.3) is 0 Å². The lowest BCUT2D eigenvalue weighted by Gasteiger charge is -2.54. The first-order chi connectivity index (χ1) is 35.3. The number of para-hydroxylation sites is 1. The number of halogens is 1. The second-order valence-electron chi connectivity index (χ2n) is 22.2. The number of non-ortho nitro benzene ring substituents is 3.